The summed E-state index contributed by atoms with van der Waals surface area (Å²) in [5.74, 6) is -2.10. The minimum atomic E-state index is -0.977. The Kier molecular flexibility index (Phi) is 21.1. The van der Waals surface area contributed by atoms with Crippen molar-refractivity contribution in [2.45, 2.75) is 148 Å². The summed E-state index contributed by atoms with van der Waals surface area (Å²) in [4.78, 5) is 77.7. The van der Waals surface area contributed by atoms with Crippen molar-refractivity contribution < 1.29 is 91.8 Å². The monoisotopic (exact) mass is 1080 g/mol. The zero-order valence-corrected chi connectivity index (χ0v) is 42.6. The number of allylic oxidation sites excluding steroid dienone is 1. The molecule has 3 heterocycles. The number of thioether (sulfide) groups is 1. The van der Waals surface area contributed by atoms with Gasteiger partial charge in [-0.2, -0.15) is 11.8 Å². The Labute approximate surface area is 396 Å². The summed E-state index contributed by atoms with van der Waals surface area (Å²) in [5.41, 5.74) is 0.649. The normalized spacial score (nSPS) is 28.0. The van der Waals surface area contributed by atoms with Gasteiger partial charge in [-0.25, -0.2) is 4.79 Å². The molecule has 1 aliphatic carbocycles. The third kappa shape index (κ3) is 15.4. The Hall–Kier alpha value is -1.97. The first-order valence-electron chi connectivity index (χ1n) is 21.3. The molecule has 4 rings (SSSR count). The zero-order chi connectivity index (χ0) is 43.5. The summed E-state index contributed by atoms with van der Waals surface area (Å²) in [6.45, 7) is 16.3. The van der Waals surface area contributed by atoms with Crippen LogP contribution in [0.2, 0.25) is 0 Å². The number of nitrogens with zero attached hydrogens (tertiary/aromatic N) is 1. The van der Waals surface area contributed by atoms with Gasteiger partial charge >= 0.3 is 12.1 Å². The molecular formula is C42H69AcN6O10S-. The maximum Gasteiger partial charge on any atom is 0.407 e. The molecule has 0 aromatic rings. The van der Waals surface area contributed by atoms with Crippen LogP contribution >= 0.6 is 11.8 Å². The van der Waals surface area contributed by atoms with Gasteiger partial charge < -0.3 is 50.8 Å². The number of amides is 5. The molecule has 1 spiro atoms. The van der Waals surface area contributed by atoms with Crippen LogP contribution < -0.4 is 26.6 Å². The SMILES string of the molecule is CSCC[C@H](NC(=O)CNC(=O)[C@H](CC(C)C)NC(=O)[C@@H]1CCC[N-]1)C(=O)NCC(=O)OC[C@H](NC(=O)O[C@@H]1CC[C@]2(CO2)[C@@H]([C@@]2(C)O[C@@H]2CC=C(C)C)[C@@H]1C)C(C)C.[Ac]. The molecule has 5 amide bonds. The molecule has 3 aliphatic heterocycles. The number of hydrogen-bond donors (Lipinski definition) is 5. The molecule has 18 heteroatoms. The van der Waals surface area contributed by atoms with Gasteiger partial charge in [-0.1, -0.05) is 65.2 Å². The van der Waals surface area contributed by atoms with Gasteiger partial charge in [0.05, 0.1) is 36.5 Å². The van der Waals surface area contributed by atoms with Crippen molar-refractivity contribution in [3.8, 4) is 0 Å². The summed E-state index contributed by atoms with van der Waals surface area (Å²) in [6, 6.07) is -2.84. The van der Waals surface area contributed by atoms with Crippen LogP contribution in [0.25, 0.3) is 5.32 Å². The van der Waals surface area contributed by atoms with E-state index < -0.39 is 67.0 Å². The van der Waals surface area contributed by atoms with Crippen molar-refractivity contribution in [3.63, 3.8) is 0 Å². The first kappa shape index (κ1) is 52.4. The molecule has 10 atom stereocenters. The Morgan fingerprint density at radius 1 is 0.967 bits per heavy atom. The molecule has 0 aromatic heterocycles. The van der Waals surface area contributed by atoms with E-state index in [9.17, 15) is 28.8 Å². The number of alkyl carbamates (subject to hydrolysis) is 1. The molecule has 0 aromatic carbocycles. The molecule has 3 saturated heterocycles. The van der Waals surface area contributed by atoms with E-state index in [1.807, 2.05) is 34.0 Å². The van der Waals surface area contributed by atoms with E-state index in [-0.39, 0.29) is 110 Å². The number of carbonyl (C=O) groups is 6. The smallest absolute Gasteiger partial charge is 0.407 e. The third-order valence-corrected chi connectivity index (χ3v) is 12.5. The molecule has 1 radical (unpaired) electrons. The van der Waals surface area contributed by atoms with Gasteiger partial charge in [0.2, 0.25) is 23.6 Å². The van der Waals surface area contributed by atoms with Crippen LogP contribution in [-0.4, -0.2) is 128 Å². The molecular weight excluding hydrogens is 1010 g/mol. The average Bonchev–Trinajstić information content (AvgIpc) is 4.00. The molecule has 60 heavy (non-hydrogen) atoms. The van der Waals surface area contributed by atoms with Crippen LogP contribution in [0.3, 0.4) is 0 Å². The summed E-state index contributed by atoms with van der Waals surface area (Å²) < 4.78 is 23.8. The number of rotatable bonds is 22. The Morgan fingerprint density at radius 3 is 2.25 bits per heavy atom. The minimum Gasteiger partial charge on any atom is -0.652 e. The van der Waals surface area contributed by atoms with E-state index in [4.69, 9.17) is 18.9 Å². The summed E-state index contributed by atoms with van der Waals surface area (Å²) in [7, 11) is 0. The van der Waals surface area contributed by atoms with Gasteiger partial charge in [0.1, 0.15) is 31.3 Å². The predicted molar refractivity (Wildman–Crippen MR) is 224 cm³/mol. The van der Waals surface area contributed by atoms with Crippen molar-refractivity contribution in [2.75, 3.05) is 44.9 Å². The van der Waals surface area contributed by atoms with Gasteiger partial charge in [0.15, 0.2) is 0 Å². The third-order valence-electron chi connectivity index (χ3n) is 11.9. The van der Waals surface area contributed by atoms with Gasteiger partial charge in [0.25, 0.3) is 0 Å². The maximum atomic E-state index is 13.2. The molecule has 4 fully saturated rings. The molecule has 16 nitrogen and oxygen atoms in total. The van der Waals surface area contributed by atoms with Crippen molar-refractivity contribution in [1.82, 2.24) is 26.6 Å². The Balaban J connectivity index is 0.00000961. The second-order valence-corrected chi connectivity index (χ2v) is 18.7. The summed E-state index contributed by atoms with van der Waals surface area (Å²) in [5, 5.41) is 17.7. The average molecular weight is 1080 g/mol. The number of ether oxygens (including phenoxy) is 4. The molecule has 5 N–H and O–H groups in total. The Morgan fingerprint density at radius 2 is 1.65 bits per heavy atom. The fourth-order valence-electron chi connectivity index (χ4n) is 8.39. The van der Waals surface area contributed by atoms with Crippen molar-refractivity contribution in [3.05, 3.63) is 17.0 Å². The second kappa shape index (κ2) is 24.2. The number of carbonyl (C=O) groups excluding carboxylic acids is 6. The fourth-order valence-corrected chi connectivity index (χ4v) is 8.86. The van der Waals surface area contributed by atoms with Gasteiger partial charge in [-0.15, -0.1) is 6.54 Å². The summed E-state index contributed by atoms with van der Waals surface area (Å²) in [6.07, 6.45) is 7.61. The number of nitrogens with one attached hydrogen (secondary N) is 5. The number of epoxide rings is 2. The van der Waals surface area contributed by atoms with E-state index in [0.29, 0.717) is 38.2 Å². The number of hydrogen-bond acceptors (Lipinski definition) is 11. The quantitative estimate of drug-likeness (QED) is 0.0600. The van der Waals surface area contributed by atoms with Gasteiger partial charge in [0, 0.05) is 55.9 Å². The van der Waals surface area contributed by atoms with E-state index in [2.05, 4.69) is 65.7 Å². The second-order valence-electron chi connectivity index (χ2n) is 17.8. The first-order valence-corrected chi connectivity index (χ1v) is 22.7. The standard InChI is InChI=1S/C42H69N6O10S.Ac/c1-24(2)12-13-33-41(8,58-33)36-27(7)32(14-16-42(36)23-56-42)57-40(54)48-31(26(5)6)22-55-35(50)21-45-37(51)29(15-18-59-9)46-34(49)20-44-38(52)30(19-25(3)4)47-39(53)28-11-10-17-43-28;/h12,25-33,36H,10-11,13-23H2,1-9H3,(H,44,52)(H,45,51)(H,46,49)(H,47,53)(H,48,54);/q-1;/t27-,28+,29+,30+,31+,32-,33-,36-,41+,42+;/m1./s1. The van der Waals surface area contributed by atoms with E-state index in [1.54, 1.807) is 0 Å². The minimum absolute atomic E-state index is 0. The van der Waals surface area contributed by atoms with Crippen molar-refractivity contribution in [2.24, 2.45) is 23.7 Å². The van der Waals surface area contributed by atoms with E-state index in [1.165, 1.54) is 17.3 Å². The maximum absolute atomic E-state index is 13.2. The van der Waals surface area contributed by atoms with Crippen LogP contribution in [0.15, 0.2) is 11.6 Å². The van der Waals surface area contributed by atoms with Crippen LogP contribution in [0.1, 0.15) is 100 Å². The Bertz CT molecular complexity index is 1520. The largest absolute Gasteiger partial charge is 0.652 e. The van der Waals surface area contributed by atoms with Gasteiger partial charge in [-0.05, 0) is 76.7 Å². The van der Waals surface area contributed by atoms with E-state index >= 15 is 0 Å². The topological polar surface area (TPSA) is 220 Å². The molecule has 0 unspecified atom stereocenters. The van der Waals surface area contributed by atoms with Gasteiger partial charge in [-0.3, -0.25) is 24.0 Å². The van der Waals surface area contributed by atoms with Crippen molar-refractivity contribution >= 4 is 47.5 Å². The number of esters is 1. The van der Waals surface area contributed by atoms with Crippen LogP contribution in [0.5, 0.6) is 0 Å². The molecule has 0 bridgehead atoms. The summed E-state index contributed by atoms with van der Waals surface area (Å²) >= 11 is 1.48. The van der Waals surface area contributed by atoms with Crippen molar-refractivity contribution in [1.29, 1.82) is 0 Å². The predicted octanol–water partition coefficient (Wildman–Crippen LogP) is 3.52. The van der Waals surface area contributed by atoms with E-state index in [0.717, 1.165) is 19.3 Å². The molecule has 4 aliphatic rings. The van der Waals surface area contributed by atoms with Crippen LogP contribution in [-0.2, 0) is 42.9 Å². The fraction of sp³-hybridized carbons (Fsp3) is 0.810. The zero-order valence-electron chi connectivity index (χ0n) is 37.1. The molecule has 337 valence electrons. The van der Waals surface area contributed by atoms with Crippen LogP contribution in [0, 0.1) is 67.7 Å². The molecule has 1 saturated carbocycles. The van der Waals surface area contributed by atoms with Crippen LogP contribution in [0.4, 0.5) is 4.79 Å². The first-order chi connectivity index (χ1) is 27.9.